The fraction of sp³-hybridized carbons (Fsp3) is 0.417. The van der Waals surface area contributed by atoms with E-state index in [2.05, 4.69) is 13.8 Å². The first-order valence-electron chi connectivity index (χ1n) is 10.6. The molecule has 0 aliphatic rings. The number of carbonyl (C=O) groups is 2. The number of benzene rings is 2. The van der Waals surface area contributed by atoms with Gasteiger partial charge in [-0.15, -0.1) is 0 Å². The largest absolute Gasteiger partial charge is 0.485 e. The SMILES string of the molecule is CCCC[Si](CCCC)(OC(=O)Cc1ccccc1)OC(=O)Cc1ccccc1. The summed E-state index contributed by atoms with van der Waals surface area (Å²) < 4.78 is 12.0. The molecule has 0 aliphatic heterocycles. The van der Waals surface area contributed by atoms with Crippen LogP contribution in [-0.4, -0.2) is 20.5 Å². The highest BCUT2D eigenvalue weighted by Crippen LogP contribution is 2.26. The van der Waals surface area contributed by atoms with Crippen LogP contribution in [0.2, 0.25) is 12.1 Å². The van der Waals surface area contributed by atoms with Crippen LogP contribution in [0.15, 0.2) is 60.7 Å². The number of rotatable bonds is 12. The maximum atomic E-state index is 12.7. The van der Waals surface area contributed by atoms with Crippen LogP contribution in [-0.2, 0) is 31.3 Å². The molecule has 0 heterocycles. The predicted molar refractivity (Wildman–Crippen MR) is 118 cm³/mol. The third-order valence-corrected chi connectivity index (χ3v) is 8.23. The molecule has 5 heteroatoms. The second kappa shape index (κ2) is 12.2. The Morgan fingerprint density at radius 3 is 1.41 bits per heavy atom. The molecule has 0 unspecified atom stereocenters. The van der Waals surface area contributed by atoms with E-state index in [9.17, 15) is 9.59 Å². The molecule has 0 bridgehead atoms. The Bertz CT molecular complexity index is 680. The summed E-state index contributed by atoms with van der Waals surface area (Å²) in [6, 6.07) is 20.4. The zero-order chi connectivity index (χ0) is 21.0. The molecule has 2 aromatic carbocycles. The first-order valence-corrected chi connectivity index (χ1v) is 12.8. The fourth-order valence-corrected chi connectivity index (χ4v) is 6.71. The summed E-state index contributed by atoms with van der Waals surface area (Å²) >= 11 is 0. The molecule has 29 heavy (non-hydrogen) atoms. The van der Waals surface area contributed by atoms with E-state index in [0.29, 0.717) is 12.1 Å². The van der Waals surface area contributed by atoms with Crippen molar-refractivity contribution in [3.63, 3.8) is 0 Å². The van der Waals surface area contributed by atoms with Crippen molar-refractivity contribution < 1.29 is 18.4 Å². The standard InChI is InChI=1S/C24H32O4Si/c1-3-5-17-29(18-6-4-2,27-23(25)19-21-13-9-7-10-14-21)28-24(26)20-22-15-11-8-12-16-22/h7-16H,3-6,17-20H2,1-2H3. The van der Waals surface area contributed by atoms with Crippen LogP contribution in [0, 0.1) is 0 Å². The maximum Gasteiger partial charge on any atom is 0.464 e. The van der Waals surface area contributed by atoms with E-state index < -0.39 is 8.56 Å². The minimum absolute atomic E-state index is 0.198. The summed E-state index contributed by atoms with van der Waals surface area (Å²) in [4.78, 5) is 25.4. The van der Waals surface area contributed by atoms with E-state index in [1.807, 2.05) is 60.7 Å². The number of unbranched alkanes of at least 4 members (excludes halogenated alkanes) is 2. The van der Waals surface area contributed by atoms with Crippen molar-refractivity contribution in [3.05, 3.63) is 71.8 Å². The monoisotopic (exact) mass is 412 g/mol. The van der Waals surface area contributed by atoms with Gasteiger partial charge in [0.05, 0.1) is 12.8 Å². The third kappa shape index (κ3) is 8.24. The van der Waals surface area contributed by atoms with E-state index in [1.54, 1.807) is 0 Å². The smallest absolute Gasteiger partial charge is 0.464 e. The quantitative estimate of drug-likeness (QED) is 0.426. The van der Waals surface area contributed by atoms with Gasteiger partial charge in [-0.25, -0.2) is 0 Å². The molecule has 0 aromatic heterocycles. The normalized spacial score (nSPS) is 11.1. The summed E-state index contributed by atoms with van der Waals surface area (Å²) in [6.07, 6.45) is 4.09. The molecule has 0 fully saturated rings. The minimum Gasteiger partial charge on any atom is -0.485 e. The fourth-order valence-electron chi connectivity index (χ4n) is 3.25. The van der Waals surface area contributed by atoms with Crippen molar-refractivity contribution in [2.45, 2.75) is 64.5 Å². The molecule has 156 valence electrons. The highest BCUT2D eigenvalue weighted by molar-refractivity contribution is 6.70. The van der Waals surface area contributed by atoms with Crippen LogP contribution < -0.4 is 0 Å². The van der Waals surface area contributed by atoms with Crippen molar-refractivity contribution in [2.75, 3.05) is 0 Å². The van der Waals surface area contributed by atoms with E-state index in [1.165, 1.54) is 0 Å². The van der Waals surface area contributed by atoms with E-state index in [-0.39, 0.29) is 24.8 Å². The third-order valence-electron chi connectivity index (χ3n) is 4.80. The van der Waals surface area contributed by atoms with Gasteiger partial charge in [-0.2, -0.15) is 0 Å². The molecule has 0 N–H and O–H groups in total. The lowest BCUT2D eigenvalue weighted by molar-refractivity contribution is -0.141. The van der Waals surface area contributed by atoms with Crippen LogP contribution >= 0.6 is 0 Å². The Balaban J connectivity index is 2.13. The molecule has 2 rings (SSSR count). The zero-order valence-corrected chi connectivity index (χ0v) is 18.6. The van der Waals surface area contributed by atoms with Crippen LogP contribution in [0.25, 0.3) is 0 Å². The van der Waals surface area contributed by atoms with Crippen molar-refractivity contribution >= 4 is 20.5 Å². The average Bonchev–Trinajstić information content (AvgIpc) is 2.72. The van der Waals surface area contributed by atoms with Gasteiger partial charge in [-0.05, 0) is 24.0 Å². The van der Waals surface area contributed by atoms with Gasteiger partial charge >= 0.3 is 8.56 Å². The van der Waals surface area contributed by atoms with Gasteiger partial charge in [0.25, 0.3) is 11.9 Å². The van der Waals surface area contributed by atoms with Crippen LogP contribution in [0.5, 0.6) is 0 Å². The Morgan fingerprint density at radius 2 is 1.07 bits per heavy atom. The second-order valence-electron chi connectivity index (χ2n) is 7.39. The Hall–Kier alpha value is -2.40. The van der Waals surface area contributed by atoms with Gasteiger partial charge in [0.1, 0.15) is 0 Å². The van der Waals surface area contributed by atoms with Crippen molar-refractivity contribution in [2.24, 2.45) is 0 Å². The summed E-state index contributed by atoms with van der Waals surface area (Å²) in [5.74, 6) is -0.606. The molecule has 0 atom stereocenters. The molecule has 4 nitrogen and oxygen atoms in total. The first-order chi connectivity index (χ1) is 14.1. The van der Waals surface area contributed by atoms with E-state index in [0.717, 1.165) is 36.8 Å². The van der Waals surface area contributed by atoms with E-state index >= 15 is 0 Å². The maximum absolute atomic E-state index is 12.7. The van der Waals surface area contributed by atoms with Crippen molar-refractivity contribution in [1.29, 1.82) is 0 Å². The van der Waals surface area contributed by atoms with Gasteiger partial charge < -0.3 is 8.85 Å². The van der Waals surface area contributed by atoms with Gasteiger partial charge in [0, 0.05) is 12.1 Å². The summed E-state index contributed by atoms with van der Waals surface area (Å²) in [7, 11) is -2.97. The minimum atomic E-state index is -2.97. The molecular formula is C24H32O4Si. The lowest BCUT2D eigenvalue weighted by Gasteiger charge is -2.30. The van der Waals surface area contributed by atoms with Crippen molar-refractivity contribution in [1.82, 2.24) is 0 Å². The Kier molecular flexibility index (Phi) is 9.64. The molecule has 0 saturated heterocycles. The molecule has 2 aromatic rings. The highest BCUT2D eigenvalue weighted by atomic mass is 28.4. The van der Waals surface area contributed by atoms with Gasteiger partial charge in [0.2, 0.25) is 0 Å². The first kappa shape index (κ1) is 22.9. The summed E-state index contributed by atoms with van der Waals surface area (Å²) in [5.41, 5.74) is 1.81. The number of hydrogen-bond acceptors (Lipinski definition) is 4. The molecule has 0 radical (unpaired) electrons. The average molecular weight is 413 g/mol. The van der Waals surface area contributed by atoms with Crippen LogP contribution in [0.4, 0.5) is 0 Å². The summed E-state index contributed by atoms with van der Waals surface area (Å²) in [5, 5.41) is 0. The van der Waals surface area contributed by atoms with E-state index in [4.69, 9.17) is 8.85 Å². The predicted octanol–water partition coefficient (Wildman–Crippen LogP) is 5.60. The molecule has 0 spiro atoms. The Labute approximate surface area is 175 Å². The van der Waals surface area contributed by atoms with Crippen LogP contribution in [0.1, 0.15) is 50.7 Å². The zero-order valence-electron chi connectivity index (χ0n) is 17.6. The number of carbonyl (C=O) groups excluding carboxylic acids is 2. The lowest BCUT2D eigenvalue weighted by Crippen LogP contribution is -2.46. The molecular weight excluding hydrogens is 380 g/mol. The second-order valence-corrected chi connectivity index (χ2v) is 10.6. The van der Waals surface area contributed by atoms with Gasteiger partial charge in [-0.1, -0.05) is 87.4 Å². The Morgan fingerprint density at radius 1 is 0.690 bits per heavy atom. The molecule has 0 aliphatic carbocycles. The number of hydrogen-bond donors (Lipinski definition) is 0. The lowest BCUT2D eigenvalue weighted by atomic mass is 10.2. The van der Waals surface area contributed by atoms with Gasteiger partial charge in [0.15, 0.2) is 0 Å². The summed E-state index contributed by atoms with van der Waals surface area (Å²) in [6.45, 7) is 4.19. The highest BCUT2D eigenvalue weighted by Gasteiger charge is 2.43. The van der Waals surface area contributed by atoms with Crippen LogP contribution in [0.3, 0.4) is 0 Å². The topological polar surface area (TPSA) is 52.6 Å². The molecule has 0 amide bonds. The molecule has 0 saturated carbocycles. The van der Waals surface area contributed by atoms with Crippen molar-refractivity contribution in [3.8, 4) is 0 Å². The van der Waals surface area contributed by atoms with Gasteiger partial charge in [-0.3, -0.25) is 9.59 Å².